The molecular weight excluding hydrogens is 366 g/mol. The molecule has 6 nitrogen and oxygen atoms in total. The third-order valence-corrected chi connectivity index (χ3v) is 5.37. The number of anilines is 1. The molecule has 0 spiro atoms. The number of carbonyl (C=O) groups excluding carboxylic acids is 3. The Morgan fingerprint density at radius 3 is 2.52 bits per heavy atom. The predicted molar refractivity (Wildman–Crippen MR) is 112 cm³/mol. The Morgan fingerprint density at radius 1 is 1.10 bits per heavy atom. The van der Waals surface area contributed by atoms with Crippen LogP contribution in [-0.4, -0.2) is 35.7 Å². The van der Waals surface area contributed by atoms with Crippen molar-refractivity contribution in [3.8, 4) is 0 Å². The lowest BCUT2D eigenvalue weighted by atomic mass is 10.1. The van der Waals surface area contributed by atoms with Gasteiger partial charge in [0.2, 0.25) is 17.7 Å². The Bertz CT molecular complexity index is 882. The maximum Gasteiger partial charge on any atom is 0.243 e. The quantitative estimate of drug-likeness (QED) is 0.759. The molecule has 0 saturated carbocycles. The molecular formula is C23H27N3O3. The monoisotopic (exact) mass is 393 g/mol. The number of hydrogen-bond donors (Lipinski definition) is 2. The number of hydrogen-bond acceptors (Lipinski definition) is 3. The lowest BCUT2D eigenvalue weighted by Gasteiger charge is -2.25. The van der Waals surface area contributed by atoms with E-state index >= 15 is 0 Å². The second-order valence-corrected chi connectivity index (χ2v) is 7.31. The van der Waals surface area contributed by atoms with Crippen molar-refractivity contribution in [3.63, 3.8) is 0 Å². The minimum absolute atomic E-state index is 0.0390. The molecule has 2 aromatic rings. The SMILES string of the molecule is CCc1ccccc1NC(=O)CNC(=O)[C@H]1CC(=O)N([C@H](C)c2ccccc2)C1. The van der Waals surface area contributed by atoms with Crippen LogP contribution in [0.4, 0.5) is 5.69 Å². The zero-order valence-corrected chi connectivity index (χ0v) is 16.9. The van der Waals surface area contributed by atoms with Crippen molar-refractivity contribution >= 4 is 23.4 Å². The van der Waals surface area contributed by atoms with Crippen LogP contribution in [0, 0.1) is 5.92 Å². The zero-order valence-electron chi connectivity index (χ0n) is 16.9. The first-order valence-electron chi connectivity index (χ1n) is 9.99. The minimum atomic E-state index is -0.440. The molecule has 1 saturated heterocycles. The fourth-order valence-corrected chi connectivity index (χ4v) is 3.65. The highest BCUT2D eigenvalue weighted by Gasteiger charge is 2.37. The van der Waals surface area contributed by atoms with E-state index in [2.05, 4.69) is 10.6 Å². The molecule has 0 unspecified atom stereocenters. The minimum Gasteiger partial charge on any atom is -0.347 e. The summed E-state index contributed by atoms with van der Waals surface area (Å²) in [5.74, 6) is -1.02. The first-order valence-corrected chi connectivity index (χ1v) is 9.99. The largest absolute Gasteiger partial charge is 0.347 e. The number of likely N-dealkylation sites (tertiary alicyclic amines) is 1. The van der Waals surface area contributed by atoms with Gasteiger partial charge in [-0.25, -0.2) is 0 Å². The summed E-state index contributed by atoms with van der Waals surface area (Å²) in [7, 11) is 0. The zero-order chi connectivity index (χ0) is 20.8. The third kappa shape index (κ3) is 5.02. The number of rotatable bonds is 7. The average Bonchev–Trinajstić information content (AvgIpc) is 3.14. The Hall–Kier alpha value is -3.15. The van der Waals surface area contributed by atoms with Gasteiger partial charge < -0.3 is 15.5 Å². The van der Waals surface area contributed by atoms with Crippen molar-refractivity contribution in [1.29, 1.82) is 0 Å². The molecule has 3 rings (SSSR count). The first-order chi connectivity index (χ1) is 14.0. The molecule has 1 aliphatic rings. The van der Waals surface area contributed by atoms with Gasteiger partial charge in [-0.3, -0.25) is 14.4 Å². The van der Waals surface area contributed by atoms with Crippen molar-refractivity contribution in [2.75, 3.05) is 18.4 Å². The van der Waals surface area contributed by atoms with Gasteiger partial charge in [-0.05, 0) is 30.5 Å². The molecule has 152 valence electrons. The van der Waals surface area contributed by atoms with E-state index < -0.39 is 5.92 Å². The number of amides is 3. The Balaban J connectivity index is 1.52. The van der Waals surface area contributed by atoms with E-state index in [0.717, 1.165) is 23.2 Å². The van der Waals surface area contributed by atoms with Gasteiger partial charge in [-0.15, -0.1) is 0 Å². The number of benzene rings is 2. The summed E-state index contributed by atoms with van der Waals surface area (Å²) in [6, 6.07) is 17.3. The maximum atomic E-state index is 12.5. The van der Waals surface area contributed by atoms with Gasteiger partial charge in [-0.1, -0.05) is 55.5 Å². The highest BCUT2D eigenvalue weighted by Crippen LogP contribution is 2.28. The van der Waals surface area contributed by atoms with Crippen LogP contribution in [0.3, 0.4) is 0 Å². The molecule has 1 aliphatic heterocycles. The second-order valence-electron chi connectivity index (χ2n) is 7.31. The lowest BCUT2D eigenvalue weighted by Crippen LogP contribution is -2.38. The standard InChI is InChI=1S/C23H27N3O3/c1-3-17-9-7-8-12-20(17)25-21(27)14-24-23(29)19-13-22(28)26(15-19)16(2)18-10-5-4-6-11-18/h4-12,16,19H,3,13-15H2,1-2H3,(H,24,29)(H,25,27)/t16-,19+/m1/s1. The molecule has 0 radical (unpaired) electrons. The summed E-state index contributed by atoms with van der Waals surface area (Å²) in [6.07, 6.45) is 0.978. The molecule has 0 aromatic heterocycles. The van der Waals surface area contributed by atoms with Crippen LogP contribution >= 0.6 is 0 Å². The third-order valence-electron chi connectivity index (χ3n) is 5.37. The van der Waals surface area contributed by atoms with E-state index in [4.69, 9.17) is 0 Å². The van der Waals surface area contributed by atoms with Gasteiger partial charge >= 0.3 is 0 Å². The molecule has 2 aromatic carbocycles. The van der Waals surface area contributed by atoms with E-state index in [1.165, 1.54) is 0 Å². The van der Waals surface area contributed by atoms with E-state index in [0.29, 0.717) is 6.54 Å². The van der Waals surface area contributed by atoms with Crippen LogP contribution in [0.1, 0.15) is 37.4 Å². The number of para-hydroxylation sites is 1. The van der Waals surface area contributed by atoms with Crippen molar-refractivity contribution < 1.29 is 14.4 Å². The number of nitrogens with zero attached hydrogens (tertiary/aromatic N) is 1. The highest BCUT2D eigenvalue weighted by molar-refractivity contribution is 5.96. The predicted octanol–water partition coefficient (Wildman–Crippen LogP) is 2.91. The fourth-order valence-electron chi connectivity index (χ4n) is 3.65. The van der Waals surface area contributed by atoms with Gasteiger partial charge in [0.15, 0.2) is 0 Å². The molecule has 1 fully saturated rings. The first kappa shape index (κ1) is 20.6. The maximum absolute atomic E-state index is 12.5. The van der Waals surface area contributed by atoms with E-state index in [-0.39, 0.29) is 36.7 Å². The van der Waals surface area contributed by atoms with Crippen LogP contribution < -0.4 is 10.6 Å². The van der Waals surface area contributed by atoms with Gasteiger partial charge in [0.1, 0.15) is 0 Å². The van der Waals surface area contributed by atoms with Gasteiger partial charge in [0.25, 0.3) is 0 Å². The molecule has 0 bridgehead atoms. The molecule has 0 aliphatic carbocycles. The van der Waals surface area contributed by atoms with Crippen LogP contribution in [0.2, 0.25) is 0 Å². The molecule has 6 heteroatoms. The molecule has 29 heavy (non-hydrogen) atoms. The number of aryl methyl sites for hydroxylation is 1. The van der Waals surface area contributed by atoms with Crippen molar-refractivity contribution in [1.82, 2.24) is 10.2 Å². The summed E-state index contributed by atoms with van der Waals surface area (Å²) in [4.78, 5) is 38.9. The Kier molecular flexibility index (Phi) is 6.65. The second kappa shape index (κ2) is 9.37. The number of nitrogens with one attached hydrogen (secondary N) is 2. The smallest absolute Gasteiger partial charge is 0.243 e. The molecule has 1 heterocycles. The van der Waals surface area contributed by atoms with Crippen LogP contribution in [0.5, 0.6) is 0 Å². The normalized spacial score (nSPS) is 17.1. The van der Waals surface area contributed by atoms with Crippen molar-refractivity contribution in [2.45, 2.75) is 32.7 Å². The summed E-state index contributed by atoms with van der Waals surface area (Å²) < 4.78 is 0. The molecule has 2 atom stereocenters. The summed E-state index contributed by atoms with van der Waals surface area (Å²) in [5.41, 5.74) is 2.84. The van der Waals surface area contributed by atoms with Crippen LogP contribution in [0.15, 0.2) is 54.6 Å². The molecule has 2 N–H and O–H groups in total. The van der Waals surface area contributed by atoms with E-state index in [1.807, 2.05) is 68.4 Å². The van der Waals surface area contributed by atoms with Gasteiger partial charge in [-0.2, -0.15) is 0 Å². The number of carbonyl (C=O) groups is 3. The van der Waals surface area contributed by atoms with Gasteiger partial charge in [0.05, 0.1) is 18.5 Å². The van der Waals surface area contributed by atoms with Crippen molar-refractivity contribution in [2.24, 2.45) is 5.92 Å². The fraction of sp³-hybridized carbons (Fsp3) is 0.348. The van der Waals surface area contributed by atoms with Crippen LogP contribution in [0.25, 0.3) is 0 Å². The summed E-state index contributed by atoms with van der Waals surface area (Å²) in [5, 5.41) is 5.51. The summed E-state index contributed by atoms with van der Waals surface area (Å²) >= 11 is 0. The van der Waals surface area contributed by atoms with Gasteiger partial charge in [0, 0.05) is 18.7 Å². The van der Waals surface area contributed by atoms with Crippen molar-refractivity contribution in [3.05, 3.63) is 65.7 Å². The van der Waals surface area contributed by atoms with E-state index in [1.54, 1.807) is 4.90 Å². The molecule has 3 amide bonds. The van der Waals surface area contributed by atoms with E-state index in [9.17, 15) is 14.4 Å². The Labute approximate surface area is 171 Å². The lowest BCUT2D eigenvalue weighted by molar-refractivity contribution is -0.130. The topological polar surface area (TPSA) is 78.5 Å². The summed E-state index contributed by atoms with van der Waals surface area (Å²) in [6.45, 7) is 4.23. The van der Waals surface area contributed by atoms with Crippen LogP contribution in [-0.2, 0) is 20.8 Å². The highest BCUT2D eigenvalue weighted by atomic mass is 16.2. The average molecular weight is 393 g/mol. The Morgan fingerprint density at radius 2 is 1.79 bits per heavy atom.